The average molecular weight is 340 g/mol. The van der Waals surface area contributed by atoms with Crippen LogP contribution in [0.15, 0.2) is 29.8 Å². The highest BCUT2D eigenvalue weighted by molar-refractivity contribution is 7.13. The number of hydrogen-bond donors (Lipinski definition) is 1. The lowest BCUT2D eigenvalue weighted by Crippen LogP contribution is -2.40. The zero-order valence-electron chi connectivity index (χ0n) is 11.8. The van der Waals surface area contributed by atoms with Crippen molar-refractivity contribution < 1.29 is 9.18 Å². The number of nitrogens with zero attached hydrogens (tertiary/aromatic N) is 2. The van der Waals surface area contributed by atoms with Gasteiger partial charge in [0.2, 0.25) is 0 Å². The molecule has 1 atom stereocenters. The summed E-state index contributed by atoms with van der Waals surface area (Å²) in [7, 11) is 0. The lowest BCUT2D eigenvalue weighted by Gasteiger charge is -2.24. The molecule has 1 amide bonds. The van der Waals surface area contributed by atoms with E-state index in [1.54, 1.807) is 17.5 Å². The second-order valence-corrected chi connectivity index (χ2v) is 6.42. The molecule has 3 rings (SSSR count). The topological polar surface area (TPSA) is 45.2 Å². The van der Waals surface area contributed by atoms with Gasteiger partial charge in [0.15, 0.2) is 5.13 Å². The first-order valence-electron chi connectivity index (χ1n) is 7.04. The summed E-state index contributed by atoms with van der Waals surface area (Å²) < 4.78 is 13.0. The van der Waals surface area contributed by atoms with E-state index >= 15 is 0 Å². The molecular weight excluding hydrogens is 325 g/mol. The van der Waals surface area contributed by atoms with Crippen molar-refractivity contribution in [1.82, 2.24) is 10.3 Å². The summed E-state index contributed by atoms with van der Waals surface area (Å²) in [6.45, 7) is 1.47. The van der Waals surface area contributed by atoms with Gasteiger partial charge in [-0.1, -0.05) is 11.6 Å². The third-order valence-corrected chi connectivity index (χ3v) is 4.84. The van der Waals surface area contributed by atoms with Crippen LogP contribution in [-0.2, 0) is 0 Å². The summed E-state index contributed by atoms with van der Waals surface area (Å²) in [6.07, 6.45) is 3.88. The van der Waals surface area contributed by atoms with Crippen LogP contribution in [0.2, 0.25) is 5.02 Å². The number of halogens is 2. The fourth-order valence-corrected chi connectivity index (χ4v) is 3.63. The quantitative estimate of drug-likeness (QED) is 0.929. The van der Waals surface area contributed by atoms with Crippen LogP contribution in [-0.4, -0.2) is 30.0 Å². The van der Waals surface area contributed by atoms with Crippen molar-refractivity contribution >= 4 is 34.0 Å². The fourth-order valence-electron chi connectivity index (χ4n) is 2.64. The molecule has 0 saturated carbocycles. The van der Waals surface area contributed by atoms with E-state index in [1.807, 2.05) is 5.38 Å². The van der Waals surface area contributed by atoms with Crippen LogP contribution in [0.1, 0.15) is 23.2 Å². The molecular formula is C15H15ClFN3OS. The summed E-state index contributed by atoms with van der Waals surface area (Å²) in [5.74, 6) is -0.733. The Kier molecular flexibility index (Phi) is 4.59. The van der Waals surface area contributed by atoms with Crippen LogP contribution in [0.4, 0.5) is 9.52 Å². The van der Waals surface area contributed by atoms with Crippen molar-refractivity contribution in [1.29, 1.82) is 0 Å². The lowest BCUT2D eigenvalue weighted by molar-refractivity contribution is 0.0951. The van der Waals surface area contributed by atoms with Crippen LogP contribution in [0.5, 0.6) is 0 Å². The van der Waals surface area contributed by atoms with Gasteiger partial charge in [-0.15, -0.1) is 11.3 Å². The normalized spacial score (nSPS) is 17.7. The Balaban J connectivity index is 1.63. The summed E-state index contributed by atoms with van der Waals surface area (Å²) in [5, 5.41) is 5.94. The predicted molar refractivity (Wildman–Crippen MR) is 86.2 cm³/mol. The zero-order valence-corrected chi connectivity index (χ0v) is 13.3. The van der Waals surface area contributed by atoms with Gasteiger partial charge in [0.1, 0.15) is 5.82 Å². The summed E-state index contributed by atoms with van der Waals surface area (Å²) >= 11 is 7.51. The van der Waals surface area contributed by atoms with Crippen LogP contribution < -0.4 is 10.2 Å². The molecule has 116 valence electrons. The molecule has 0 unspecified atom stereocenters. The number of benzene rings is 1. The highest BCUT2D eigenvalue weighted by atomic mass is 35.5. The number of carbonyl (C=O) groups excluding carboxylic acids is 1. The van der Waals surface area contributed by atoms with Crippen molar-refractivity contribution in [3.05, 3.63) is 46.2 Å². The van der Waals surface area contributed by atoms with E-state index in [-0.39, 0.29) is 17.0 Å². The smallest absolute Gasteiger partial charge is 0.252 e. The Morgan fingerprint density at radius 1 is 1.55 bits per heavy atom. The van der Waals surface area contributed by atoms with Crippen molar-refractivity contribution in [2.75, 3.05) is 18.0 Å². The SMILES string of the molecule is O=C(NC[C@H]1CCCN1c1nccs1)c1ccc(F)cc1Cl. The fraction of sp³-hybridized carbons (Fsp3) is 0.333. The molecule has 7 heteroatoms. The van der Waals surface area contributed by atoms with Gasteiger partial charge < -0.3 is 10.2 Å². The van der Waals surface area contributed by atoms with Gasteiger partial charge >= 0.3 is 0 Å². The zero-order chi connectivity index (χ0) is 15.5. The number of hydrogen-bond acceptors (Lipinski definition) is 4. The Morgan fingerprint density at radius 3 is 3.14 bits per heavy atom. The van der Waals surface area contributed by atoms with E-state index in [9.17, 15) is 9.18 Å². The van der Waals surface area contributed by atoms with E-state index in [4.69, 9.17) is 11.6 Å². The van der Waals surface area contributed by atoms with Gasteiger partial charge in [0, 0.05) is 30.7 Å². The van der Waals surface area contributed by atoms with Crippen molar-refractivity contribution in [2.24, 2.45) is 0 Å². The van der Waals surface area contributed by atoms with E-state index in [2.05, 4.69) is 15.2 Å². The van der Waals surface area contributed by atoms with E-state index in [0.717, 1.165) is 30.6 Å². The summed E-state index contributed by atoms with van der Waals surface area (Å²) in [4.78, 5) is 18.7. The minimum absolute atomic E-state index is 0.126. The van der Waals surface area contributed by atoms with Gasteiger partial charge in [-0.3, -0.25) is 4.79 Å². The van der Waals surface area contributed by atoms with Gasteiger partial charge in [0.05, 0.1) is 10.6 Å². The number of carbonyl (C=O) groups is 1. The molecule has 1 aliphatic heterocycles. The Labute approximate surface area is 136 Å². The second-order valence-electron chi connectivity index (χ2n) is 5.14. The van der Waals surface area contributed by atoms with E-state index < -0.39 is 5.82 Å². The van der Waals surface area contributed by atoms with E-state index in [1.165, 1.54) is 12.1 Å². The third-order valence-electron chi connectivity index (χ3n) is 3.72. The molecule has 2 heterocycles. The predicted octanol–water partition coefficient (Wildman–Crippen LogP) is 3.33. The van der Waals surface area contributed by atoms with Gasteiger partial charge in [-0.25, -0.2) is 9.37 Å². The number of anilines is 1. The van der Waals surface area contributed by atoms with Crippen LogP contribution in [0.3, 0.4) is 0 Å². The molecule has 0 spiro atoms. The second kappa shape index (κ2) is 6.62. The van der Waals surface area contributed by atoms with Crippen molar-refractivity contribution in [3.63, 3.8) is 0 Å². The molecule has 2 aromatic rings. The van der Waals surface area contributed by atoms with Crippen molar-refractivity contribution in [3.8, 4) is 0 Å². The molecule has 1 aromatic heterocycles. The van der Waals surface area contributed by atoms with Gasteiger partial charge in [-0.2, -0.15) is 0 Å². The highest BCUT2D eigenvalue weighted by Gasteiger charge is 2.26. The lowest BCUT2D eigenvalue weighted by atomic mass is 10.2. The highest BCUT2D eigenvalue weighted by Crippen LogP contribution is 2.27. The van der Waals surface area contributed by atoms with Gasteiger partial charge in [-0.05, 0) is 31.0 Å². The first kappa shape index (κ1) is 15.2. The van der Waals surface area contributed by atoms with Crippen LogP contribution in [0.25, 0.3) is 0 Å². The molecule has 1 aromatic carbocycles. The molecule has 1 saturated heterocycles. The Hall–Kier alpha value is -1.66. The minimum Gasteiger partial charge on any atom is -0.350 e. The van der Waals surface area contributed by atoms with Crippen LogP contribution in [0, 0.1) is 5.82 Å². The molecule has 0 radical (unpaired) electrons. The summed E-state index contributed by atoms with van der Waals surface area (Å²) in [6, 6.07) is 4.01. The number of aromatic nitrogens is 1. The number of amides is 1. The molecule has 0 aliphatic carbocycles. The standard InChI is InChI=1S/C15H15ClFN3OS/c16-13-8-10(17)3-4-12(13)14(21)19-9-11-2-1-6-20(11)15-18-5-7-22-15/h3-5,7-8,11H,1-2,6,9H2,(H,19,21)/t11-/m1/s1. The monoisotopic (exact) mass is 339 g/mol. The van der Waals surface area contributed by atoms with Crippen LogP contribution >= 0.6 is 22.9 Å². The number of nitrogens with one attached hydrogen (secondary N) is 1. The maximum atomic E-state index is 13.0. The average Bonchev–Trinajstić information content (AvgIpc) is 3.15. The molecule has 22 heavy (non-hydrogen) atoms. The molecule has 1 fully saturated rings. The first-order chi connectivity index (χ1) is 10.6. The largest absolute Gasteiger partial charge is 0.350 e. The number of thiazole rings is 1. The van der Waals surface area contributed by atoms with Gasteiger partial charge in [0.25, 0.3) is 5.91 Å². The van der Waals surface area contributed by atoms with E-state index in [0.29, 0.717) is 12.1 Å². The Morgan fingerprint density at radius 2 is 2.41 bits per heavy atom. The molecule has 0 bridgehead atoms. The van der Waals surface area contributed by atoms with Crippen molar-refractivity contribution in [2.45, 2.75) is 18.9 Å². The first-order valence-corrected chi connectivity index (χ1v) is 8.30. The maximum absolute atomic E-state index is 13.0. The maximum Gasteiger partial charge on any atom is 0.252 e. The summed E-state index contributed by atoms with van der Waals surface area (Å²) in [5.41, 5.74) is 0.293. The minimum atomic E-state index is -0.452. The molecule has 4 nitrogen and oxygen atoms in total. The number of rotatable bonds is 4. The molecule has 1 aliphatic rings. The Bertz CT molecular complexity index is 665. The third kappa shape index (κ3) is 3.23. The molecule has 1 N–H and O–H groups in total.